The molecule has 0 bridgehead atoms. The molecule has 1 heterocycles. The fourth-order valence-corrected chi connectivity index (χ4v) is 1.15. The lowest BCUT2D eigenvalue weighted by atomic mass is 10.2. The van der Waals surface area contributed by atoms with Crippen LogP contribution in [-0.4, -0.2) is 33.5 Å². The van der Waals surface area contributed by atoms with Gasteiger partial charge in [-0.05, 0) is 27.7 Å². The largest absolute Gasteiger partial charge is 0.444 e. The molecule has 0 saturated heterocycles. The number of imidazole rings is 1. The molecule has 0 saturated carbocycles. The molecular weight excluding hydrogens is 222 g/mol. The first-order chi connectivity index (χ1) is 7.79. The predicted octanol–water partition coefficient (Wildman–Crippen LogP) is 1.51. The Labute approximate surface area is 99.8 Å². The molecule has 1 aromatic rings. The van der Waals surface area contributed by atoms with Crippen molar-refractivity contribution in [2.45, 2.75) is 39.3 Å². The van der Waals surface area contributed by atoms with Gasteiger partial charge in [-0.15, -0.1) is 0 Å². The third-order valence-corrected chi connectivity index (χ3v) is 1.86. The number of H-pyrrole nitrogens is 1. The van der Waals surface area contributed by atoms with E-state index in [2.05, 4.69) is 15.3 Å². The number of nitrogens with one attached hydrogen (secondary N) is 2. The van der Waals surface area contributed by atoms with Gasteiger partial charge in [-0.2, -0.15) is 0 Å². The highest BCUT2D eigenvalue weighted by Gasteiger charge is 2.22. The molecule has 6 heteroatoms. The number of hydrogen-bond donors (Lipinski definition) is 2. The van der Waals surface area contributed by atoms with E-state index in [0.717, 1.165) is 0 Å². The highest BCUT2D eigenvalue weighted by molar-refractivity contribution is 5.98. The van der Waals surface area contributed by atoms with Gasteiger partial charge in [0.05, 0.1) is 6.04 Å². The highest BCUT2D eigenvalue weighted by Crippen LogP contribution is 2.07. The molecule has 2 N–H and O–H groups in total. The van der Waals surface area contributed by atoms with Gasteiger partial charge in [-0.1, -0.05) is 0 Å². The molecule has 1 atom stereocenters. The number of rotatable bonds is 3. The standard InChI is InChI=1S/C11H17N3O3/c1-7(8(15)9-12-5-6-13-9)14-10(16)17-11(2,3)4/h5-7H,1-4H3,(H,12,13)(H,14,16)/t7-/m0/s1. The Morgan fingerprint density at radius 3 is 2.59 bits per heavy atom. The summed E-state index contributed by atoms with van der Waals surface area (Å²) in [5.74, 6) is -0.0746. The Balaban J connectivity index is 2.52. The van der Waals surface area contributed by atoms with E-state index in [1.54, 1.807) is 33.9 Å². The number of alkyl carbamates (subject to hydrolysis) is 1. The van der Waals surface area contributed by atoms with Crippen molar-refractivity contribution in [3.63, 3.8) is 0 Å². The lowest BCUT2D eigenvalue weighted by Crippen LogP contribution is -2.42. The Hall–Kier alpha value is -1.85. The number of aromatic amines is 1. The van der Waals surface area contributed by atoms with Gasteiger partial charge in [-0.25, -0.2) is 9.78 Å². The average molecular weight is 239 g/mol. The summed E-state index contributed by atoms with van der Waals surface area (Å²) in [6.07, 6.45) is 2.41. The Morgan fingerprint density at radius 2 is 2.12 bits per heavy atom. The van der Waals surface area contributed by atoms with Crippen LogP contribution in [0.1, 0.15) is 38.3 Å². The fraction of sp³-hybridized carbons (Fsp3) is 0.545. The summed E-state index contributed by atoms with van der Waals surface area (Å²) in [4.78, 5) is 29.7. The van der Waals surface area contributed by atoms with Crippen LogP contribution >= 0.6 is 0 Å². The van der Waals surface area contributed by atoms with Gasteiger partial charge in [0.15, 0.2) is 5.82 Å². The van der Waals surface area contributed by atoms with Crippen LogP contribution in [0.3, 0.4) is 0 Å². The summed E-state index contributed by atoms with van der Waals surface area (Å²) in [7, 11) is 0. The van der Waals surface area contributed by atoms with Crippen molar-refractivity contribution in [3.8, 4) is 0 Å². The lowest BCUT2D eigenvalue weighted by Gasteiger charge is -2.21. The molecule has 0 unspecified atom stereocenters. The first-order valence-corrected chi connectivity index (χ1v) is 5.33. The van der Waals surface area contributed by atoms with Crippen molar-refractivity contribution in [2.75, 3.05) is 0 Å². The fourth-order valence-electron chi connectivity index (χ4n) is 1.15. The van der Waals surface area contributed by atoms with Gasteiger partial charge in [0.25, 0.3) is 0 Å². The van der Waals surface area contributed by atoms with E-state index in [4.69, 9.17) is 4.74 Å². The minimum atomic E-state index is -0.684. The number of amides is 1. The molecule has 0 spiro atoms. The molecule has 0 aliphatic carbocycles. The smallest absolute Gasteiger partial charge is 0.408 e. The maximum absolute atomic E-state index is 11.7. The van der Waals surface area contributed by atoms with Gasteiger partial charge in [0.2, 0.25) is 5.78 Å². The van der Waals surface area contributed by atoms with E-state index in [1.165, 1.54) is 6.20 Å². The first kappa shape index (κ1) is 13.2. The van der Waals surface area contributed by atoms with Gasteiger partial charge in [-0.3, -0.25) is 4.79 Å². The molecule has 0 radical (unpaired) electrons. The summed E-state index contributed by atoms with van der Waals surface area (Å²) in [5.41, 5.74) is -0.586. The summed E-state index contributed by atoms with van der Waals surface area (Å²) in [6.45, 7) is 6.84. The summed E-state index contributed by atoms with van der Waals surface area (Å²) in [5, 5.41) is 2.45. The van der Waals surface area contributed by atoms with E-state index < -0.39 is 17.7 Å². The number of ether oxygens (including phenoxy) is 1. The van der Waals surface area contributed by atoms with E-state index in [0.29, 0.717) is 0 Å². The predicted molar refractivity (Wildman–Crippen MR) is 61.7 cm³/mol. The Morgan fingerprint density at radius 1 is 1.47 bits per heavy atom. The maximum Gasteiger partial charge on any atom is 0.408 e. The highest BCUT2D eigenvalue weighted by atomic mass is 16.6. The number of carbonyl (C=O) groups is 2. The molecule has 1 amide bonds. The van der Waals surface area contributed by atoms with E-state index in [-0.39, 0.29) is 11.6 Å². The number of hydrogen-bond acceptors (Lipinski definition) is 4. The number of aromatic nitrogens is 2. The topological polar surface area (TPSA) is 84.1 Å². The third-order valence-electron chi connectivity index (χ3n) is 1.86. The number of carbonyl (C=O) groups excluding carboxylic acids is 2. The number of ketones is 1. The molecule has 0 aliphatic rings. The van der Waals surface area contributed by atoms with Crippen LogP contribution in [0.25, 0.3) is 0 Å². The van der Waals surface area contributed by atoms with Gasteiger partial charge < -0.3 is 15.0 Å². The number of nitrogens with zero attached hydrogens (tertiary/aromatic N) is 1. The van der Waals surface area contributed by atoms with Crippen molar-refractivity contribution >= 4 is 11.9 Å². The van der Waals surface area contributed by atoms with Crippen molar-refractivity contribution < 1.29 is 14.3 Å². The Kier molecular flexibility index (Phi) is 3.88. The SMILES string of the molecule is C[C@H](NC(=O)OC(C)(C)C)C(=O)c1ncc[nH]1. The molecule has 0 fully saturated rings. The minimum Gasteiger partial charge on any atom is -0.444 e. The molecule has 0 aromatic carbocycles. The van der Waals surface area contributed by atoms with Crippen LogP contribution in [0.15, 0.2) is 12.4 Å². The zero-order chi connectivity index (χ0) is 13.1. The van der Waals surface area contributed by atoms with Gasteiger partial charge in [0, 0.05) is 12.4 Å². The number of Topliss-reactive ketones (excluding diaryl/α,β-unsaturated/α-hetero) is 1. The van der Waals surface area contributed by atoms with E-state index >= 15 is 0 Å². The molecular formula is C11H17N3O3. The van der Waals surface area contributed by atoms with E-state index in [1.807, 2.05) is 0 Å². The monoisotopic (exact) mass is 239 g/mol. The van der Waals surface area contributed by atoms with Crippen LogP contribution in [0.2, 0.25) is 0 Å². The molecule has 1 rings (SSSR count). The van der Waals surface area contributed by atoms with Crippen LogP contribution in [0.5, 0.6) is 0 Å². The van der Waals surface area contributed by atoms with Crippen LogP contribution in [-0.2, 0) is 4.74 Å². The summed E-state index contributed by atoms with van der Waals surface area (Å²) >= 11 is 0. The van der Waals surface area contributed by atoms with Gasteiger partial charge in [0.1, 0.15) is 5.60 Å². The zero-order valence-corrected chi connectivity index (χ0v) is 10.4. The molecule has 94 valence electrons. The molecule has 0 aliphatic heterocycles. The molecule has 6 nitrogen and oxygen atoms in total. The normalized spacial score (nSPS) is 12.9. The average Bonchev–Trinajstić information content (AvgIpc) is 2.65. The Bertz CT molecular complexity index is 393. The van der Waals surface area contributed by atoms with Crippen LogP contribution in [0, 0.1) is 0 Å². The second-order valence-electron chi connectivity index (χ2n) is 4.67. The van der Waals surface area contributed by atoms with E-state index in [9.17, 15) is 9.59 Å². The van der Waals surface area contributed by atoms with Crippen molar-refractivity contribution in [1.29, 1.82) is 0 Å². The van der Waals surface area contributed by atoms with Gasteiger partial charge >= 0.3 is 6.09 Å². The van der Waals surface area contributed by atoms with Crippen molar-refractivity contribution in [1.82, 2.24) is 15.3 Å². The molecule has 17 heavy (non-hydrogen) atoms. The maximum atomic E-state index is 11.7. The van der Waals surface area contributed by atoms with Crippen molar-refractivity contribution in [3.05, 3.63) is 18.2 Å². The van der Waals surface area contributed by atoms with Crippen molar-refractivity contribution in [2.24, 2.45) is 0 Å². The first-order valence-electron chi connectivity index (χ1n) is 5.33. The van der Waals surface area contributed by atoms with Crippen LogP contribution in [0.4, 0.5) is 4.79 Å². The minimum absolute atomic E-state index is 0.216. The summed E-state index contributed by atoms with van der Waals surface area (Å²) in [6, 6.07) is -0.684. The summed E-state index contributed by atoms with van der Waals surface area (Å²) < 4.78 is 5.04. The quantitative estimate of drug-likeness (QED) is 0.783. The third kappa shape index (κ3) is 4.26. The second kappa shape index (κ2) is 4.99. The lowest BCUT2D eigenvalue weighted by molar-refractivity contribution is 0.0496. The molecule has 1 aromatic heterocycles. The second-order valence-corrected chi connectivity index (χ2v) is 4.67. The zero-order valence-electron chi connectivity index (χ0n) is 10.4. The van der Waals surface area contributed by atoms with Crippen LogP contribution < -0.4 is 5.32 Å².